The predicted molar refractivity (Wildman–Crippen MR) is 112 cm³/mol. The molecule has 29 heavy (non-hydrogen) atoms. The van der Waals surface area contributed by atoms with Gasteiger partial charge >= 0.3 is 0 Å². The molecule has 0 bridgehead atoms. The summed E-state index contributed by atoms with van der Waals surface area (Å²) in [6.07, 6.45) is 0. The number of carbonyl (C=O) groups is 1. The Balaban J connectivity index is 2.11. The van der Waals surface area contributed by atoms with Crippen LogP contribution in [0.2, 0.25) is 0 Å². The topological polar surface area (TPSA) is 76.1 Å². The van der Waals surface area contributed by atoms with Gasteiger partial charge in [0, 0.05) is 32.3 Å². The molecule has 0 saturated heterocycles. The fraction of sp³-hybridized carbons (Fsp3) is 0.286. The third-order valence-electron chi connectivity index (χ3n) is 5.01. The summed E-state index contributed by atoms with van der Waals surface area (Å²) in [7, 11) is 1.99. The van der Waals surface area contributed by atoms with E-state index in [1.54, 1.807) is 26.1 Å². The summed E-state index contributed by atoms with van der Waals surface area (Å²) in [6, 6.07) is 12.7. The Morgan fingerprint density at radius 2 is 1.66 bits per heavy atom. The SMILES string of the molecule is COc1cc2c(cc1OC)N(C)S(=O)(=O)C(C(=O)N(C)Cc1ccccc1)=C2C. The van der Waals surface area contributed by atoms with Crippen molar-refractivity contribution in [2.75, 3.05) is 32.6 Å². The summed E-state index contributed by atoms with van der Waals surface area (Å²) in [5.41, 5.74) is 2.33. The molecule has 0 aliphatic carbocycles. The van der Waals surface area contributed by atoms with Crippen LogP contribution in [-0.2, 0) is 21.4 Å². The molecule has 1 aliphatic heterocycles. The number of nitrogens with zero attached hydrogens (tertiary/aromatic N) is 2. The normalized spacial score (nSPS) is 15.0. The molecule has 0 atom stereocenters. The standard InChI is InChI=1S/C21H24N2O5S/c1-14-16-11-18(27-4)19(28-5)12-17(16)23(3)29(25,26)20(14)21(24)22(2)13-15-9-7-6-8-10-15/h6-12H,13H2,1-5H3. The predicted octanol–water partition coefficient (Wildman–Crippen LogP) is 2.87. The Morgan fingerprint density at radius 1 is 1.07 bits per heavy atom. The summed E-state index contributed by atoms with van der Waals surface area (Å²) < 4.78 is 38.1. The minimum atomic E-state index is -4.02. The maximum Gasteiger partial charge on any atom is 0.269 e. The molecule has 8 heteroatoms. The van der Waals surface area contributed by atoms with Gasteiger partial charge in [-0.05, 0) is 24.1 Å². The second-order valence-electron chi connectivity index (χ2n) is 6.80. The highest BCUT2D eigenvalue weighted by molar-refractivity contribution is 7.97. The number of sulfonamides is 1. The molecular formula is C21H24N2O5S. The number of methoxy groups -OCH3 is 2. The quantitative estimate of drug-likeness (QED) is 0.749. The summed E-state index contributed by atoms with van der Waals surface area (Å²) in [4.78, 5) is 14.3. The number of fused-ring (bicyclic) bond motifs is 1. The van der Waals surface area contributed by atoms with Crippen molar-refractivity contribution >= 4 is 27.2 Å². The van der Waals surface area contributed by atoms with Crippen molar-refractivity contribution in [2.45, 2.75) is 13.5 Å². The van der Waals surface area contributed by atoms with E-state index < -0.39 is 15.9 Å². The average Bonchev–Trinajstić information content (AvgIpc) is 2.71. The Kier molecular flexibility index (Phi) is 5.57. The number of benzene rings is 2. The Morgan fingerprint density at radius 3 is 2.24 bits per heavy atom. The summed E-state index contributed by atoms with van der Waals surface area (Å²) in [6.45, 7) is 1.94. The summed E-state index contributed by atoms with van der Waals surface area (Å²) in [5.74, 6) is 0.318. The van der Waals surface area contributed by atoms with E-state index in [9.17, 15) is 13.2 Å². The maximum atomic E-state index is 13.2. The summed E-state index contributed by atoms with van der Waals surface area (Å²) >= 11 is 0. The lowest BCUT2D eigenvalue weighted by Crippen LogP contribution is -2.39. The fourth-order valence-electron chi connectivity index (χ4n) is 3.38. The van der Waals surface area contributed by atoms with E-state index in [1.807, 2.05) is 30.3 Å². The molecule has 0 radical (unpaired) electrons. The van der Waals surface area contributed by atoms with Gasteiger partial charge < -0.3 is 14.4 Å². The lowest BCUT2D eigenvalue weighted by atomic mass is 10.0. The van der Waals surface area contributed by atoms with E-state index in [0.717, 1.165) is 9.87 Å². The first kappa shape index (κ1) is 20.7. The van der Waals surface area contributed by atoms with E-state index in [-0.39, 0.29) is 4.91 Å². The number of allylic oxidation sites excluding steroid dienone is 1. The molecule has 2 aromatic rings. The number of rotatable bonds is 5. The molecule has 1 aliphatic rings. The van der Waals surface area contributed by atoms with Crippen LogP contribution in [0, 0.1) is 0 Å². The lowest BCUT2D eigenvalue weighted by molar-refractivity contribution is -0.125. The zero-order valence-corrected chi connectivity index (χ0v) is 17.9. The van der Waals surface area contributed by atoms with Gasteiger partial charge in [0.2, 0.25) is 0 Å². The third kappa shape index (κ3) is 3.55. The zero-order valence-electron chi connectivity index (χ0n) is 17.1. The first-order chi connectivity index (χ1) is 13.7. The molecule has 154 valence electrons. The van der Waals surface area contributed by atoms with Crippen LogP contribution < -0.4 is 13.8 Å². The van der Waals surface area contributed by atoms with Gasteiger partial charge in [0.15, 0.2) is 16.4 Å². The second-order valence-corrected chi connectivity index (χ2v) is 8.70. The van der Waals surface area contributed by atoms with Crippen molar-refractivity contribution < 1.29 is 22.7 Å². The molecule has 1 heterocycles. The van der Waals surface area contributed by atoms with Gasteiger partial charge in [0.1, 0.15) is 0 Å². The van der Waals surface area contributed by atoms with Crippen molar-refractivity contribution in [1.29, 1.82) is 0 Å². The molecule has 2 aromatic carbocycles. The Hall–Kier alpha value is -3.00. The van der Waals surface area contributed by atoms with Crippen LogP contribution in [0.3, 0.4) is 0 Å². The minimum Gasteiger partial charge on any atom is -0.493 e. The van der Waals surface area contributed by atoms with Crippen molar-refractivity contribution in [3.8, 4) is 11.5 Å². The van der Waals surface area contributed by atoms with Crippen LogP contribution in [0.25, 0.3) is 5.57 Å². The van der Waals surface area contributed by atoms with Gasteiger partial charge in [-0.25, -0.2) is 8.42 Å². The van der Waals surface area contributed by atoms with Gasteiger partial charge in [0.05, 0.1) is 19.9 Å². The number of hydrogen-bond acceptors (Lipinski definition) is 5. The molecule has 0 spiro atoms. The van der Waals surface area contributed by atoms with Gasteiger partial charge in [-0.2, -0.15) is 0 Å². The van der Waals surface area contributed by atoms with E-state index in [0.29, 0.717) is 34.9 Å². The van der Waals surface area contributed by atoms with Gasteiger partial charge in [0.25, 0.3) is 15.9 Å². The molecule has 3 rings (SSSR count). The second kappa shape index (κ2) is 7.79. The first-order valence-electron chi connectivity index (χ1n) is 8.98. The van der Waals surface area contributed by atoms with Crippen LogP contribution in [0.4, 0.5) is 5.69 Å². The van der Waals surface area contributed by atoms with Gasteiger partial charge in [-0.15, -0.1) is 0 Å². The zero-order chi connectivity index (χ0) is 21.3. The molecule has 0 saturated carbocycles. The van der Waals surface area contributed by atoms with Gasteiger partial charge in [-0.1, -0.05) is 30.3 Å². The molecule has 0 N–H and O–H groups in total. The van der Waals surface area contributed by atoms with E-state index >= 15 is 0 Å². The number of hydrogen-bond donors (Lipinski definition) is 0. The first-order valence-corrected chi connectivity index (χ1v) is 10.4. The van der Waals surface area contributed by atoms with E-state index in [2.05, 4.69) is 0 Å². The lowest BCUT2D eigenvalue weighted by Gasteiger charge is -2.31. The van der Waals surface area contributed by atoms with Crippen LogP contribution in [0.15, 0.2) is 47.4 Å². The summed E-state index contributed by atoms with van der Waals surface area (Å²) in [5, 5.41) is 0. The van der Waals surface area contributed by atoms with Crippen LogP contribution >= 0.6 is 0 Å². The fourth-order valence-corrected chi connectivity index (χ4v) is 4.94. The number of likely N-dealkylation sites (N-methyl/N-ethyl adjacent to an activating group) is 1. The number of anilines is 1. The van der Waals surface area contributed by atoms with Crippen molar-refractivity contribution in [2.24, 2.45) is 0 Å². The number of amides is 1. The van der Waals surface area contributed by atoms with Crippen LogP contribution in [-0.4, -0.2) is 47.5 Å². The third-order valence-corrected chi connectivity index (χ3v) is 6.92. The van der Waals surface area contributed by atoms with E-state index in [1.165, 1.54) is 26.2 Å². The maximum absolute atomic E-state index is 13.2. The van der Waals surface area contributed by atoms with Crippen molar-refractivity contribution in [3.63, 3.8) is 0 Å². The molecular weight excluding hydrogens is 392 g/mol. The minimum absolute atomic E-state index is 0.238. The van der Waals surface area contributed by atoms with Crippen LogP contribution in [0.5, 0.6) is 11.5 Å². The smallest absolute Gasteiger partial charge is 0.269 e. The average molecular weight is 416 g/mol. The van der Waals surface area contributed by atoms with Crippen molar-refractivity contribution in [3.05, 3.63) is 58.5 Å². The van der Waals surface area contributed by atoms with Crippen LogP contribution in [0.1, 0.15) is 18.1 Å². The largest absolute Gasteiger partial charge is 0.493 e. The molecule has 1 amide bonds. The molecule has 7 nitrogen and oxygen atoms in total. The highest BCUT2D eigenvalue weighted by Gasteiger charge is 2.39. The Labute approximate surface area is 171 Å². The molecule has 0 aromatic heterocycles. The number of carbonyl (C=O) groups excluding carboxylic acids is 1. The Bertz CT molecular complexity index is 1080. The molecule has 0 unspecified atom stereocenters. The van der Waals surface area contributed by atoms with Gasteiger partial charge in [-0.3, -0.25) is 9.10 Å². The van der Waals surface area contributed by atoms with Crippen molar-refractivity contribution in [1.82, 2.24) is 4.90 Å². The van der Waals surface area contributed by atoms with E-state index in [4.69, 9.17) is 9.47 Å². The molecule has 0 fully saturated rings. The highest BCUT2D eigenvalue weighted by Crippen LogP contribution is 2.44. The number of ether oxygens (including phenoxy) is 2. The monoisotopic (exact) mass is 416 g/mol. The highest BCUT2D eigenvalue weighted by atomic mass is 32.2.